The van der Waals surface area contributed by atoms with E-state index in [1.54, 1.807) is 11.0 Å². The Morgan fingerprint density at radius 1 is 1.21 bits per heavy atom. The molecule has 0 saturated carbocycles. The number of fused-ring (bicyclic) bond motifs is 2. The van der Waals surface area contributed by atoms with Crippen LogP contribution in [-0.4, -0.2) is 36.3 Å². The molecule has 0 aromatic heterocycles. The number of carbonyl (C=O) groups is 3. The number of rotatable bonds is 7. The summed E-state index contributed by atoms with van der Waals surface area (Å²) in [7, 11) is 1.35. The smallest absolute Gasteiger partial charge is 0.318 e. The molecule has 0 unspecified atom stereocenters. The highest BCUT2D eigenvalue weighted by Crippen LogP contribution is 2.52. The molecule has 0 radical (unpaired) electrons. The van der Waals surface area contributed by atoms with Crippen molar-refractivity contribution in [1.29, 1.82) is 0 Å². The minimum atomic E-state index is -1.12. The van der Waals surface area contributed by atoms with E-state index in [1.807, 2.05) is 48.5 Å². The van der Waals surface area contributed by atoms with Gasteiger partial charge in [0.1, 0.15) is 5.41 Å². The third kappa shape index (κ3) is 4.06. The Bertz CT molecular complexity index is 1120. The molecule has 6 heteroatoms. The summed E-state index contributed by atoms with van der Waals surface area (Å²) in [5, 5.41) is 5.15. The second-order valence-corrected chi connectivity index (χ2v) is 8.71. The van der Waals surface area contributed by atoms with Gasteiger partial charge in [-0.1, -0.05) is 61.0 Å². The van der Waals surface area contributed by atoms with Crippen LogP contribution in [0.1, 0.15) is 37.7 Å². The first-order chi connectivity index (χ1) is 16.0. The van der Waals surface area contributed by atoms with Gasteiger partial charge in [-0.3, -0.25) is 14.4 Å². The van der Waals surface area contributed by atoms with Crippen LogP contribution < -0.4 is 5.32 Å². The van der Waals surface area contributed by atoms with Gasteiger partial charge in [-0.05, 0) is 35.6 Å². The van der Waals surface area contributed by atoms with E-state index in [9.17, 15) is 14.4 Å². The zero-order valence-electron chi connectivity index (χ0n) is 19.0. The lowest BCUT2D eigenvalue weighted by Gasteiger charge is -2.31. The minimum Gasteiger partial charge on any atom is -0.468 e. The van der Waals surface area contributed by atoms with Crippen molar-refractivity contribution < 1.29 is 19.1 Å². The van der Waals surface area contributed by atoms with E-state index in [0.717, 1.165) is 35.6 Å². The number of hydrogen-bond donors (Lipinski definition) is 1. The first kappa shape index (κ1) is 22.8. The molecule has 1 aliphatic heterocycles. The highest BCUT2D eigenvalue weighted by atomic mass is 16.5. The van der Waals surface area contributed by atoms with Crippen LogP contribution in [0.2, 0.25) is 0 Å². The van der Waals surface area contributed by atoms with Gasteiger partial charge in [0.2, 0.25) is 11.8 Å². The van der Waals surface area contributed by atoms with E-state index >= 15 is 0 Å². The van der Waals surface area contributed by atoms with Crippen molar-refractivity contribution in [1.82, 2.24) is 10.2 Å². The predicted molar refractivity (Wildman–Crippen MR) is 127 cm³/mol. The Balaban J connectivity index is 1.59. The maximum atomic E-state index is 13.4. The molecule has 1 saturated heterocycles. The van der Waals surface area contributed by atoms with Crippen molar-refractivity contribution >= 4 is 28.6 Å². The first-order valence-corrected chi connectivity index (χ1v) is 11.5. The number of benzene rings is 2. The number of esters is 1. The minimum absolute atomic E-state index is 0.0658. The molecular weight excluding hydrogens is 416 g/mol. The quantitative estimate of drug-likeness (QED) is 0.513. The van der Waals surface area contributed by atoms with Gasteiger partial charge in [-0.2, -0.15) is 0 Å². The van der Waals surface area contributed by atoms with Crippen LogP contribution in [0.4, 0.5) is 0 Å². The average Bonchev–Trinajstić information content (AvgIpc) is 2.97. The number of methoxy groups -OCH3 is 1. The number of allylic oxidation sites excluding steroid dienone is 1. The molecule has 33 heavy (non-hydrogen) atoms. The molecule has 2 aliphatic rings. The molecule has 172 valence electrons. The van der Waals surface area contributed by atoms with Crippen molar-refractivity contribution in [3.8, 4) is 0 Å². The summed E-state index contributed by atoms with van der Waals surface area (Å²) >= 11 is 0. The Labute approximate surface area is 194 Å². The standard InChI is InChI=1S/C27H30N2O4/c1-3-16-29-23-14-5-4-8-15-27(23,26(32)33-2)22(25(29)31)17-24(30)28-18-20-12-9-11-19-10-6-7-13-21(19)20/h3,6-7,9-14,22H,1,4-5,8,15-18H2,2H3,(H,28,30)/t22-,27-/m1/s1. The summed E-state index contributed by atoms with van der Waals surface area (Å²) in [6.07, 6.45) is 6.55. The van der Waals surface area contributed by atoms with Crippen LogP contribution in [0, 0.1) is 11.3 Å². The lowest BCUT2D eigenvalue weighted by Crippen LogP contribution is -2.41. The summed E-state index contributed by atoms with van der Waals surface area (Å²) < 4.78 is 5.20. The Kier molecular flexibility index (Phi) is 6.63. The fourth-order valence-corrected chi connectivity index (χ4v) is 5.33. The lowest BCUT2D eigenvalue weighted by atomic mass is 9.71. The second-order valence-electron chi connectivity index (χ2n) is 8.71. The number of nitrogens with zero attached hydrogens (tertiary/aromatic N) is 1. The normalized spacial score (nSPS) is 22.3. The van der Waals surface area contributed by atoms with Crippen LogP contribution >= 0.6 is 0 Å². The molecule has 2 aromatic carbocycles. The lowest BCUT2D eigenvalue weighted by molar-refractivity contribution is -0.155. The number of hydrogen-bond acceptors (Lipinski definition) is 4. The van der Waals surface area contributed by atoms with Crippen LogP contribution in [0.3, 0.4) is 0 Å². The predicted octanol–water partition coefficient (Wildman–Crippen LogP) is 4.11. The molecule has 1 fully saturated rings. The fraction of sp³-hybridized carbons (Fsp3) is 0.370. The van der Waals surface area contributed by atoms with Crippen LogP contribution in [0.5, 0.6) is 0 Å². The van der Waals surface area contributed by atoms with Crippen molar-refractivity contribution in [3.63, 3.8) is 0 Å². The first-order valence-electron chi connectivity index (χ1n) is 11.5. The van der Waals surface area contributed by atoms with Crippen molar-refractivity contribution in [3.05, 3.63) is 72.5 Å². The molecule has 6 nitrogen and oxygen atoms in total. The summed E-state index contributed by atoms with van der Waals surface area (Å²) in [6, 6.07) is 14.0. The molecule has 4 rings (SSSR count). The monoisotopic (exact) mass is 446 g/mol. The molecule has 2 amide bonds. The van der Waals surface area contributed by atoms with Gasteiger partial charge in [-0.15, -0.1) is 6.58 Å². The van der Waals surface area contributed by atoms with Gasteiger partial charge < -0.3 is 15.0 Å². The number of likely N-dealkylation sites (tertiary alicyclic amines) is 1. The summed E-state index contributed by atoms with van der Waals surface area (Å²) in [5.41, 5.74) is 0.552. The van der Waals surface area contributed by atoms with Crippen molar-refractivity contribution in [2.45, 2.75) is 38.6 Å². The molecule has 2 atom stereocenters. The van der Waals surface area contributed by atoms with Crippen molar-refractivity contribution in [2.24, 2.45) is 11.3 Å². The van der Waals surface area contributed by atoms with Gasteiger partial charge in [-0.25, -0.2) is 0 Å². The van der Waals surface area contributed by atoms with Crippen molar-refractivity contribution in [2.75, 3.05) is 13.7 Å². The Morgan fingerprint density at radius 2 is 2.00 bits per heavy atom. The van der Waals surface area contributed by atoms with Crippen LogP contribution in [-0.2, 0) is 25.7 Å². The van der Waals surface area contributed by atoms with E-state index in [4.69, 9.17) is 4.74 Å². The zero-order valence-corrected chi connectivity index (χ0v) is 19.0. The van der Waals surface area contributed by atoms with Gasteiger partial charge >= 0.3 is 5.97 Å². The van der Waals surface area contributed by atoms with Gasteiger partial charge in [0.05, 0.1) is 13.0 Å². The number of carbonyl (C=O) groups excluding carboxylic acids is 3. The van der Waals surface area contributed by atoms with Gasteiger partial charge in [0, 0.05) is 25.2 Å². The summed E-state index contributed by atoms with van der Waals surface area (Å²) in [5.74, 6) is -1.70. The Morgan fingerprint density at radius 3 is 2.79 bits per heavy atom. The summed E-state index contributed by atoms with van der Waals surface area (Å²) in [6.45, 7) is 4.42. The third-order valence-corrected chi connectivity index (χ3v) is 6.88. The van der Waals surface area contributed by atoms with E-state index in [-0.39, 0.29) is 18.2 Å². The molecule has 2 aromatic rings. The number of amides is 2. The molecular formula is C27H30N2O4. The molecule has 1 heterocycles. The maximum absolute atomic E-state index is 13.4. The number of nitrogens with one attached hydrogen (secondary N) is 1. The second kappa shape index (κ2) is 9.61. The Hall–Kier alpha value is -3.41. The SMILES string of the molecule is C=CCN1C(=O)[C@@H](CC(=O)NCc2cccc3ccccc23)[C@]2(C(=O)OC)CCCCC=C12. The highest BCUT2D eigenvalue weighted by Gasteiger charge is 2.61. The number of ether oxygens (including phenoxy) is 1. The molecule has 1 aliphatic carbocycles. The van der Waals surface area contributed by atoms with E-state index in [0.29, 0.717) is 25.2 Å². The van der Waals surface area contributed by atoms with Gasteiger partial charge in [0.15, 0.2) is 0 Å². The van der Waals surface area contributed by atoms with E-state index in [2.05, 4.69) is 11.9 Å². The largest absolute Gasteiger partial charge is 0.468 e. The third-order valence-electron chi connectivity index (χ3n) is 6.88. The van der Waals surface area contributed by atoms with E-state index < -0.39 is 17.3 Å². The van der Waals surface area contributed by atoms with Gasteiger partial charge in [0.25, 0.3) is 0 Å². The highest BCUT2D eigenvalue weighted by molar-refractivity contribution is 5.99. The van der Waals surface area contributed by atoms with Crippen LogP contribution in [0.25, 0.3) is 10.8 Å². The topological polar surface area (TPSA) is 75.7 Å². The molecule has 1 N–H and O–H groups in total. The average molecular weight is 447 g/mol. The fourth-order valence-electron chi connectivity index (χ4n) is 5.33. The maximum Gasteiger partial charge on any atom is 0.318 e. The zero-order chi connectivity index (χ0) is 23.4. The van der Waals surface area contributed by atoms with E-state index in [1.165, 1.54) is 7.11 Å². The van der Waals surface area contributed by atoms with Crippen LogP contribution in [0.15, 0.2) is 66.9 Å². The summed E-state index contributed by atoms with van der Waals surface area (Å²) in [4.78, 5) is 41.2. The molecule has 0 spiro atoms. The molecule has 0 bridgehead atoms.